The van der Waals surface area contributed by atoms with E-state index in [1.165, 1.54) is 24.5 Å². The quantitative estimate of drug-likeness (QED) is 0.342. The fourth-order valence-electron chi connectivity index (χ4n) is 2.85. The lowest BCUT2D eigenvalue weighted by Gasteiger charge is -2.12. The Hall–Kier alpha value is -3.59. The minimum absolute atomic E-state index is 0.311. The molecular formula is C23H25N3O5S. The summed E-state index contributed by atoms with van der Waals surface area (Å²) in [7, 11) is 4.62. The van der Waals surface area contributed by atoms with E-state index in [9.17, 15) is 4.79 Å². The molecule has 0 fully saturated rings. The number of carbonyl (C=O) groups excluding carboxylic acids is 1. The molecule has 0 radical (unpaired) electrons. The topological polar surface area (TPSA) is 91.8 Å². The van der Waals surface area contributed by atoms with Gasteiger partial charge in [-0.15, -0.1) is 10.2 Å². The molecular weight excluding hydrogens is 430 g/mol. The number of ether oxygens (including phenoxy) is 4. The maximum absolute atomic E-state index is 12.3. The highest BCUT2D eigenvalue weighted by molar-refractivity contribution is 7.15. The first-order valence-electron chi connectivity index (χ1n) is 9.92. The van der Waals surface area contributed by atoms with Crippen LogP contribution in [0.3, 0.4) is 0 Å². The fourth-order valence-corrected chi connectivity index (χ4v) is 3.64. The summed E-state index contributed by atoms with van der Waals surface area (Å²) in [6.45, 7) is 0.586. The molecule has 0 unspecified atom stereocenters. The van der Waals surface area contributed by atoms with Crippen LogP contribution in [0.25, 0.3) is 6.08 Å². The average Bonchev–Trinajstić information content (AvgIpc) is 3.27. The number of carbonyl (C=O) groups is 1. The molecule has 1 heterocycles. The third kappa shape index (κ3) is 6.45. The molecule has 0 aliphatic rings. The van der Waals surface area contributed by atoms with Crippen molar-refractivity contribution in [3.63, 3.8) is 0 Å². The first kappa shape index (κ1) is 23.1. The summed E-state index contributed by atoms with van der Waals surface area (Å²) in [5.74, 6) is 2.05. The van der Waals surface area contributed by atoms with E-state index in [0.717, 1.165) is 29.2 Å². The number of methoxy groups -OCH3 is 3. The number of benzene rings is 2. The number of nitrogens with one attached hydrogen (secondary N) is 1. The molecule has 0 saturated carbocycles. The monoisotopic (exact) mass is 455 g/mol. The van der Waals surface area contributed by atoms with Crippen LogP contribution in [0.1, 0.15) is 17.0 Å². The first-order chi connectivity index (χ1) is 15.6. The summed E-state index contributed by atoms with van der Waals surface area (Å²) in [5.41, 5.74) is 0.728. The number of hydrogen-bond acceptors (Lipinski definition) is 8. The Kier molecular flexibility index (Phi) is 8.44. The lowest BCUT2D eigenvalue weighted by Crippen LogP contribution is -2.07. The highest BCUT2D eigenvalue weighted by Crippen LogP contribution is 2.38. The summed E-state index contributed by atoms with van der Waals surface area (Å²) < 4.78 is 21.6. The zero-order valence-electron chi connectivity index (χ0n) is 18.2. The number of aryl methyl sites for hydroxylation is 1. The van der Waals surface area contributed by atoms with Crippen LogP contribution in [-0.4, -0.2) is 44.0 Å². The largest absolute Gasteiger partial charge is 0.494 e. The van der Waals surface area contributed by atoms with Crippen LogP contribution in [0.4, 0.5) is 5.13 Å². The number of rotatable bonds is 11. The number of nitrogens with zero attached hydrogens (tertiary/aromatic N) is 2. The third-order valence-electron chi connectivity index (χ3n) is 4.36. The van der Waals surface area contributed by atoms with Crippen LogP contribution in [-0.2, 0) is 11.2 Å². The Bertz CT molecular complexity index is 1030. The van der Waals surface area contributed by atoms with Crippen LogP contribution in [0.15, 0.2) is 48.5 Å². The highest BCUT2D eigenvalue weighted by atomic mass is 32.1. The third-order valence-corrected chi connectivity index (χ3v) is 5.26. The van der Waals surface area contributed by atoms with Crippen molar-refractivity contribution < 1.29 is 23.7 Å². The van der Waals surface area contributed by atoms with Crippen molar-refractivity contribution in [2.24, 2.45) is 0 Å². The van der Waals surface area contributed by atoms with Gasteiger partial charge >= 0.3 is 0 Å². The van der Waals surface area contributed by atoms with Crippen LogP contribution in [0.2, 0.25) is 0 Å². The Morgan fingerprint density at radius 1 is 1.03 bits per heavy atom. The van der Waals surface area contributed by atoms with Gasteiger partial charge in [0, 0.05) is 12.5 Å². The van der Waals surface area contributed by atoms with E-state index < -0.39 is 0 Å². The lowest BCUT2D eigenvalue weighted by molar-refractivity contribution is -0.111. The van der Waals surface area contributed by atoms with Crippen molar-refractivity contribution in [2.45, 2.75) is 12.8 Å². The summed E-state index contributed by atoms with van der Waals surface area (Å²) in [4.78, 5) is 12.3. The summed E-state index contributed by atoms with van der Waals surface area (Å²) in [6, 6.07) is 13.2. The molecule has 1 aromatic heterocycles. The SMILES string of the molecule is COc1cc(/C=C/C(=O)Nc2nnc(CCCOc3ccccc3)s2)cc(OC)c1OC. The predicted molar refractivity (Wildman–Crippen MR) is 124 cm³/mol. The second kappa shape index (κ2) is 11.7. The fraction of sp³-hybridized carbons (Fsp3) is 0.261. The molecule has 1 N–H and O–H groups in total. The summed E-state index contributed by atoms with van der Waals surface area (Å²) in [5, 5.41) is 12.2. The number of anilines is 1. The molecule has 168 valence electrons. The standard InChI is InChI=1S/C23H25N3O5S/c1-28-18-14-16(15-19(29-2)22(18)30-3)11-12-20(27)24-23-26-25-21(32-23)10-7-13-31-17-8-5-4-6-9-17/h4-6,8-9,11-12,14-15H,7,10,13H2,1-3H3,(H,24,26,27)/b12-11+. The molecule has 0 saturated heterocycles. The van der Waals surface area contributed by atoms with Crippen LogP contribution < -0.4 is 24.3 Å². The van der Waals surface area contributed by atoms with Crippen molar-refractivity contribution in [1.29, 1.82) is 0 Å². The Morgan fingerprint density at radius 3 is 2.41 bits per heavy atom. The molecule has 8 nitrogen and oxygen atoms in total. The molecule has 0 atom stereocenters. The second-order valence-corrected chi connectivity index (χ2v) is 7.61. The Labute approximate surface area is 190 Å². The molecule has 0 aliphatic carbocycles. The van der Waals surface area contributed by atoms with Gasteiger partial charge in [-0.25, -0.2) is 0 Å². The smallest absolute Gasteiger partial charge is 0.250 e. The van der Waals surface area contributed by atoms with E-state index in [-0.39, 0.29) is 5.91 Å². The van der Waals surface area contributed by atoms with Gasteiger partial charge in [-0.05, 0) is 42.3 Å². The Morgan fingerprint density at radius 2 is 1.75 bits per heavy atom. The minimum Gasteiger partial charge on any atom is -0.494 e. The minimum atomic E-state index is -0.311. The molecule has 0 aliphatic heterocycles. The number of hydrogen-bond donors (Lipinski definition) is 1. The molecule has 1 amide bonds. The van der Waals surface area contributed by atoms with E-state index in [0.29, 0.717) is 29.0 Å². The number of amides is 1. The van der Waals surface area contributed by atoms with Gasteiger partial charge in [0.05, 0.1) is 27.9 Å². The molecule has 3 rings (SSSR count). The molecule has 3 aromatic rings. The molecule has 0 spiro atoms. The van der Waals surface area contributed by atoms with E-state index in [1.807, 2.05) is 30.3 Å². The van der Waals surface area contributed by atoms with Crippen LogP contribution in [0, 0.1) is 0 Å². The molecule has 2 aromatic carbocycles. The van der Waals surface area contributed by atoms with Gasteiger partial charge < -0.3 is 18.9 Å². The number of aromatic nitrogens is 2. The van der Waals surface area contributed by atoms with Crippen molar-refractivity contribution in [3.8, 4) is 23.0 Å². The Balaban J connectivity index is 1.51. The summed E-state index contributed by atoms with van der Waals surface area (Å²) in [6.07, 6.45) is 4.60. The predicted octanol–water partition coefficient (Wildman–Crippen LogP) is 4.23. The van der Waals surface area contributed by atoms with Crippen LogP contribution in [0.5, 0.6) is 23.0 Å². The van der Waals surface area contributed by atoms with Crippen molar-refractivity contribution in [2.75, 3.05) is 33.3 Å². The van der Waals surface area contributed by atoms with Gasteiger partial charge in [0.1, 0.15) is 10.8 Å². The van der Waals surface area contributed by atoms with Gasteiger partial charge in [0.25, 0.3) is 0 Å². The molecule has 9 heteroatoms. The van der Waals surface area contributed by atoms with E-state index >= 15 is 0 Å². The normalized spacial score (nSPS) is 10.7. The molecule has 32 heavy (non-hydrogen) atoms. The van der Waals surface area contributed by atoms with E-state index in [2.05, 4.69) is 15.5 Å². The van der Waals surface area contributed by atoms with Crippen molar-refractivity contribution >= 4 is 28.5 Å². The summed E-state index contributed by atoms with van der Waals surface area (Å²) >= 11 is 1.35. The lowest BCUT2D eigenvalue weighted by atomic mass is 10.1. The number of para-hydroxylation sites is 1. The highest BCUT2D eigenvalue weighted by Gasteiger charge is 2.12. The van der Waals surface area contributed by atoms with Gasteiger partial charge in [0.2, 0.25) is 16.8 Å². The molecule has 0 bridgehead atoms. The average molecular weight is 456 g/mol. The van der Waals surface area contributed by atoms with Crippen molar-refractivity contribution in [3.05, 3.63) is 59.1 Å². The van der Waals surface area contributed by atoms with Gasteiger partial charge in [-0.3, -0.25) is 10.1 Å². The van der Waals surface area contributed by atoms with Crippen LogP contribution >= 0.6 is 11.3 Å². The second-order valence-electron chi connectivity index (χ2n) is 6.55. The zero-order chi connectivity index (χ0) is 22.8. The van der Waals surface area contributed by atoms with E-state index in [1.54, 1.807) is 32.4 Å². The van der Waals surface area contributed by atoms with Gasteiger partial charge in [-0.1, -0.05) is 29.5 Å². The van der Waals surface area contributed by atoms with E-state index in [4.69, 9.17) is 18.9 Å². The maximum Gasteiger partial charge on any atom is 0.250 e. The zero-order valence-corrected chi connectivity index (χ0v) is 19.0. The van der Waals surface area contributed by atoms with Crippen molar-refractivity contribution in [1.82, 2.24) is 10.2 Å². The van der Waals surface area contributed by atoms with Gasteiger partial charge in [0.15, 0.2) is 11.5 Å². The van der Waals surface area contributed by atoms with Gasteiger partial charge in [-0.2, -0.15) is 0 Å². The first-order valence-corrected chi connectivity index (χ1v) is 10.7. The maximum atomic E-state index is 12.3.